The van der Waals surface area contributed by atoms with Crippen LogP contribution in [0.2, 0.25) is 0 Å². The molecule has 0 saturated carbocycles. The Bertz CT molecular complexity index is 566. The molecule has 0 heterocycles. The number of hydrogen-bond acceptors (Lipinski definition) is 1. The third-order valence-electron chi connectivity index (χ3n) is 5.28. The van der Waals surface area contributed by atoms with Crippen molar-refractivity contribution in [2.75, 3.05) is 6.61 Å². The van der Waals surface area contributed by atoms with Crippen LogP contribution in [0.25, 0.3) is 0 Å². The third-order valence-corrected chi connectivity index (χ3v) is 18.1. The third kappa shape index (κ3) is 11.2. The van der Waals surface area contributed by atoms with Gasteiger partial charge in [-0.05, 0) is 0 Å². The molecule has 0 unspecified atom stereocenters. The summed E-state index contributed by atoms with van der Waals surface area (Å²) in [6, 6.07) is 0. The van der Waals surface area contributed by atoms with Crippen LogP contribution in [-0.2, 0) is 3.07 Å². The SMILES string of the molecule is CCCCCCC[O][Sn]([C](F)(F)CCC(F)(F)F)([C](F)(F)CCC(F)(F)F)[C](F)(F)CCC(F)(F)F. The molecular formula is C19H27F15OSn. The zero-order valence-electron chi connectivity index (χ0n) is 19.1. The van der Waals surface area contributed by atoms with Crippen LogP contribution in [0.1, 0.15) is 77.6 Å². The van der Waals surface area contributed by atoms with Gasteiger partial charge in [-0.1, -0.05) is 0 Å². The van der Waals surface area contributed by atoms with Crippen LogP contribution < -0.4 is 0 Å². The quantitative estimate of drug-likeness (QED) is 0.0901. The Hall–Kier alpha value is -0.291. The van der Waals surface area contributed by atoms with Gasteiger partial charge in [0.2, 0.25) is 0 Å². The van der Waals surface area contributed by atoms with Gasteiger partial charge in [0.05, 0.1) is 0 Å². The van der Waals surface area contributed by atoms with Gasteiger partial charge in [-0.3, -0.25) is 0 Å². The molecule has 0 aliphatic carbocycles. The molecule has 1 nitrogen and oxygen atoms in total. The molecule has 0 fully saturated rings. The van der Waals surface area contributed by atoms with Crippen molar-refractivity contribution < 1.29 is 68.9 Å². The summed E-state index contributed by atoms with van der Waals surface area (Å²) in [4.78, 5) is 0. The van der Waals surface area contributed by atoms with Crippen LogP contribution in [0.15, 0.2) is 0 Å². The fourth-order valence-corrected chi connectivity index (χ4v) is 15.2. The maximum atomic E-state index is 15.1. The summed E-state index contributed by atoms with van der Waals surface area (Å²) in [5, 5.41) is 0. The van der Waals surface area contributed by atoms with Crippen LogP contribution in [0.5, 0.6) is 0 Å². The molecule has 0 aromatic rings. The Balaban J connectivity index is 6.65. The van der Waals surface area contributed by atoms with Crippen molar-refractivity contribution >= 4 is 18.8 Å². The Labute approximate surface area is 202 Å². The first-order valence-corrected chi connectivity index (χ1v) is 16.4. The van der Waals surface area contributed by atoms with E-state index in [4.69, 9.17) is 0 Å². The molecule has 0 bridgehead atoms. The van der Waals surface area contributed by atoms with Crippen molar-refractivity contribution in [2.24, 2.45) is 0 Å². The van der Waals surface area contributed by atoms with Gasteiger partial charge in [0.25, 0.3) is 0 Å². The number of halogens is 15. The second-order valence-electron chi connectivity index (χ2n) is 8.40. The monoisotopic (exact) mass is 676 g/mol. The van der Waals surface area contributed by atoms with Crippen LogP contribution in [0.4, 0.5) is 65.9 Å². The van der Waals surface area contributed by atoms with E-state index in [1.807, 2.05) is 0 Å². The summed E-state index contributed by atoms with van der Waals surface area (Å²) in [5.74, 6) is 0. The molecule has 0 aromatic carbocycles. The van der Waals surface area contributed by atoms with Crippen molar-refractivity contribution in [3.8, 4) is 0 Å². The summed E-state index contributed by atoms with van der Waals surface area (Å²) < 4.78 is 191. The maximum absolute atomic E-state index is 15.1. The minimum absolute atomic E-state index is 0.0478. The number of alkyl halides is 15. The van der Waals surface area contributed by atoms with E-state index in [2.05, 4.69) is 3.07 Å². The molecule has 0 N–H and O–H groups in total. The van der Waals surface area contributed by atoms with Gasteiger partial charge in [0, 0.05) is 0 Å². The predicted molar refractivity (Wildman–Crippen MR) is 101 cm³/mol. The van der Waals surface area contributed by atoms with Crippen molar-refractivity contribution in [1.82, 2.24) is 0 Å². The zero-order valence-corrected chi connectivity index (χ0v) is 21.9. The summed E-state index contributed by atoms with van der Waals surface area (Å²) in [6.07, 6.45) is -31.1. The average Bonchev–Trinajstić information content (AvgIpc) is 2.67. The van der Waals surface area contributed by atoms with Gasteiger partial charge in [-0.15, -0.1) is 0 Å². The molecule has 0 aliphatic rings. The summed E-state index contributed by atoms with van der Waals surface area (Å²) in [6.45, 7) is 0.437. The number of hydrogen-bond donors (Lipinski definition) is 0. The first-order chi connectivity index (χ1) is 15.9. The molecule has 36 heavy (non-hydrogen) atoms. The van der Waals surface area contributed by atoms with Gasteiger partial charge in [0.15, 0.2) is 0 Å². The van der Waals surface area contributed by atoms with E-state index >= 15 is 26.3 Å². The fourth-order valence-electron chi connectivity index (χ4n) is 3.47. The molecule has 0 rings (SSSR count). The van der Waals surface area contributed by atoms with Gasteiger partial charge < -0.3 is 0 Å². The minimum atomic E-state index is -8.94. The molecule has 218 valence electrons. The first-order valence-electron chi connectivity index (χ1n) is 10.9. The predicted octanol–water partition coefficient (Wildman–Crippen LogP) is 9.47. The van der Waals surface area contributed by atoms with Crippen molar-refractivity contribution in [2.45, 2.75) is 108 Å². The second kappa shape index (κ2) is 13.2. The van der Waals surface area contributed by atoms with E-state index in [1.54, 1.807) is 6.92 Å². The first kappa shape index (κ1) is 35.7. The molecule has 0 saturated heterocycles. The number of unbranched alkanes of at least 4 members (excludes halogenated alkanes) is 4. The molecular weight excluding hydrogens is 648 g/mol. The Morgan fingerprint density at radius 2 is 0.750 bits per heavy atom. The Morgan fingerprint density at radius 1 is 0.444 bits per heavy atom. The molecule has 17 heteroatoms. The van der Waals surface area contributed by atoms with Crippen LogP contribution in [0, 0.1) is 0 Å². The molecule has 0 atom stereocenters. The van der Waals surface area contributed by atoms with E-state index in [0.29, 0.717) is 19.3 Å². The van der Waals surface area contributed by atoms with Crippen LogP contribution in [0.3, 0.4) is 0 Å². The van der Waals surface area contributed by atoms with Gasteiger partial charge in [0.1, 0.15) is 0 Å². The van der Waals surface area contributed by atoms with Crippen molar-refractivity contribution in [1.29, 1.82) is 0 Å². The number of rotatable bonds is 16. The zero-order chi connectivity index (χ0) is 28.7. The molecule has 0 aromatic heterocycles. The molecule has 0 aliphatic heterocycles. The second-order valence-corrected chi connectivity index (χ2v) is 19.4. The van der Waals surface area contributed by atoms with Crippen molar-refractivity contribution in [3.63, 3.8) is 0 Å². The van der Waals surface area contributed by atoms with E-state index in [0.717, 1.165) is 0 Å². The molecule has 0 radical (unpaired) electrons. The van der Waals surface area contributed by atoms with E-state index in [9.17, 15) is 39.5 Å². The van der Waals surface area contributed by atoms with Crippen LogP contribution in [-0.4, -0.2) is 55.7 Å². The Morgan fingerprint density at radius 3 is 1.03 bits per heavy atom. The average molecular weight is 675 g/mol. The summed E-state index contributed by atoms with van der Waals surface area (Å²) >= 11 is -8.94. The van der Waals surface area contributed by atoms with Gasteiger partial charge in [-0.25, -0.2) is 0 Å². The van der Waals surface area contributed by atoms with Crippen molar-refractivity contribution in [3.05, 3.63) is 0 Å². The van der Waals surface area contributed by atoms with Gasteiger partial charge in [-0.2, -0.15) is 0 Å². The van der Waals surface area contributed by atoms with Gasteiger partial charge >= 0.3 is 202 Å². The van der Waals surface area contributed by atoms with E-state index < -0.39 is 101 Å². The summed E-state index contributed by atoms with van der Waals surface area (Å²) in [5.41, 5.74) is 0. The Kier molecular flexibility index (Phi) is 13.1. The molecule has 0 amide bonds. The van der Waals surface area contributed by atoms with Crippen LogP contribution >= 0.6 is 0 Å². The normalized spacial score (nSPS) is 15.0. The molecule has 0 spiro atoms. The van der Waals surface area contributed by atoms with E-state index in [1.165, 1.54) is 0 Å². The standard InChI is InChI=1S/C7H15O.3C4H4F5.Sn/c1-2-3-4-5-6-7-8;3*5-3(6)1-2-4(7,8)9;/h2-7H2,1H3;3*1-2H2;/q-1;;;;+1. The van der Waals surface area contributed by atoms with E-state index in [-0.39, 0.29) is 6.42 Å². The summed E-state index contributed by atoms with van der Waals surface area (Å²) in [7, 11) is 0. The topological polar surface area (TPSA) is 9.23 Å². The fraction of sp³-hybridized carbons (Fsp3) is 1.00.